The third-order valence-electron chi connectivity index (χ3n) is 2.65. The van der Waals surface area contributed by atoms with Crippen molar-refractivity contribution in [2.24, 2.45) is 0 Å². The molecule has 0 radical (unpaired) electrons. The Morgan fingerprint density at radius 2 is 1.94 bits per heavy atom. The van der Waals surface area contributed by atoms with Gasteiger partial charge in [0.15, 0.2) is 5.69 Å². The molecule has 5 nitrogen and oxygen atoms in total. The average Bonchev–Trinajstić information content (AvgIpc) is 2.83. The number of rotatable bonds is 2. The number of H-pyrrole nitrogens is 1. The maximum Gasteiger partial charge on any atom is 0.356 e. The fraction of sp³-hybridized carbons (Fsp3) is 0. The summed E-state index contributed by atoms with van der Waals surface area (Å²) < 4.78 is 0. The number of carbonyl (C=O) groups is 1. The van der Waals surface area contributed by atoms with Gasteiger partial charge in [0.05, 0.1) is 5.52 Å². The first-order valence-corrected chi connectivity index (χ1v) is 5.39. The monoisotopic (exact) mass is 239 g/mol. The van der Waals surface area contributed by atoms with Gasteiger partial charge in [0.1, 0.15) is 11.3 Å². The van der Waals surface area contributed by atoms with Crippen molar-refractivity contribution in [2.45, 2.75) is 0 Å². The average molecular weight is 239 g/mol. The lowest BCUT2D eigenvalue weighted by Gasteiger charge is -1.93. The molecule has 0 unspecified atom stereocenters. The number of fused-ring (bicyclic) bond motifs is 1. The first kappa shape index (κ1) is 10.5. The van der Waals surface area contributed by atoms with Crippen LogP contribution in [-0.4, -0.2) is 26.0 Å². The van der Waals surface area contributed by atoms with Gasteiger partial charge in [-0.1, -0.05) is 30.3 Å². The lowest BCUT2D eigenvalue weighted by atomic mass is 10.2. The van der Waals surface area contributed by atoms with Crippen LogP contribution in [0.5, 0.6) is 0 Å². The van der Waals surface area contributed by atoms with Gasteiger partial charge in [0, 0.05) is 11.8 Å². The molecular weight excluding hydrogens is 230 g/mol. The van der Waals surface area contributed by atoms with Crippen molar-refractivity contribution in [3.8, 4) is 11.4 Å². The van der Waals surface area contributed by atoms with Gasteiger partial charge in [-0.25, -0.2) is 14.8 Å². The molecule has 2 aromatic heterocycles. The van der Waals surface area contributed by atoms with E-state index >= 15 is 0 Å². The highest BCUT2D eigenvalue weighted by molar-refractivity contribution is 5.99. The summed E-state index contributed by atoms with van der Waals surface area (Å²) in [6.45, 7) is 0. The summed E-state index contributed by atoms with van der Waals surface area (Å²) in [7, 11) is 0. The summed E-state index contributed by atoms with van der Waals surface area (Å²) in [4.78, 5) is 22.3. The van der Waals surface area contributed by atoms with E-state index in [4.69, 9.17) is 5.11 Å². The fourth-order valence-corrected chi connectivity index (χ4v) is 1.82. The van der Waals surface area contributed by atoms with Crippen LogP contribution < -0.4 is 0 Å². The fourth-order valence-electron chi connectivity index (χ4n) is 1.82. The number of aromatic carboxylic acids is 1. The van der Waals surface area contributed by atoms with E-state index in [1.807, 2.05) is 30.3 Å². The number of aromatic amines is 1. The molecule has 0 saturated carbocycles. The van der Waals surface area contributed by atoms with Gasteiger partial charge in [-0.05, 0) is 6.07 Å². The van der Waals surface area contributed by atoms with Crippen LogP contribution in [0.2, 0.25) is 0 Å². The summed E-state index contributed by atoms with van der Waals surface area (Å²) in [5.74, 6) is -0.437. The number of pyridine rings is 1. The van der Waals surface area contributed by atoms with Crippen LogP contribution in [0.15, 0.2) is 42.6 Å². The number of carboxylic acid groups (broad SMARTS) is 1. The molecule has 18 heavy (non-hydrogen) atoms. The SMILES string of the molecule is O=C(O)c1nccc2[nH]c(-c3ccccc3)nc12. The van der Waals surface area contributed by atoms with Gasteiger partial charge >= 0.3 is 5.97 Å². The highest BCUT2D eigenvalue weighted by Gasteiger charge is 2.14. The Labute approximate surface area is 102 Å². The summed E-state index contributed by atoms with van der Waals surface area (Å²) in [5, 5.41) is 9.05. The van der Waals surface area contributed by atoms with Gasteiger partial charge < -0.3 is 10.1 Å². The van der Waals surface area contributed by atoms with E-state index in [-0.39, 0.29) is 5.69 Å². The van der Waals surface area contributed by atoms with E-state index in [0.717, 1.165) is 5.56 Å². The number of carboxylic acids is 1. The number of hydrogen-bond acceptors (Lipinski definition) is 3. The topological polar surface area (TPSA) is 78.9 Å². The molecule has 0 aliphatic heterocycles. The Hall–Kier alpha value is -2.69. The van der Waals surface area contributed by atoms with Crippen LogP contribution in [-0.2, 0) is 0 Å². The number of aromatic nitrogens is 3. The molecule has 0 aliphatic carbocycles. The van der Waals surface area contributed by atoms with E-state index < -0.39 is 5.97 Å². The Morgan fingerprint density at radius 1 is 1.17 bits per heavy atom. The molecule has 3 aromatic rings. The van der Waals surface area contributed by atoms with Crippen molar-refractivity contribution >= 4 is 17.0 Å². The van der Waals surface area contributed by atoms with Crippen LogP contribution in [0.4, 0.5) is 0 Å². The molecule has 0 bridgehead atoms. The van der Waals surface area contributed by atoms with Gasteiger partial charge in [-0.15, -0.1) is 0 Å². The number of benzene rings is 1. The van der Waals surface area contributed by atoms with E-state index in [2.05, 4.69) is 15.0 Å². The zero-order valence-electron chi connectivity index (χ0n) is 9.29. The van der Waals surface area contributed by atoms with Crippen molar-refractivity contribution in [3.63, 3.8) is 0 Å². The van der Waals surface area contributed by atoms with Crippen molar-refractivity contribution in [1.82, 2.24) is 15.0 Å². The predicted octanol–water partition coefficient (Wildman–Crippen LogP) is 2.32. The Balaban J connectivity index is 2.23. The molecule has 0 spiro atoms. The first-order chi connectivity index (χ1) is 8.75. The van der Waals surface area contributed by atoms with E-state index in [1.54, 1.807) is 6.07 Å². The minimum absolute atomic E-state index is 0.0362. The van der Waals surface area contributed by atoms with Gasteiger partial charge in [-0.3, -0.25) is 0 Å². The molecule has 2 N–H and O–H groups in total. The summed E-state index contributed by atoms with van der Waals surface area (Å²) >= 11 is 0. The highest BCUT2D eigenvalue weighted by atomic mass is 16.4. The van der Waals surface area contributed by atoms with Crippen LogP contribution >= 0.6 is 0 Å². The quantitative estimate of drug-likeness (QED) is 0.719. The molecule has 1 aromatic carbocycles. The summed E-state index contributed by atoms with van der Waals surface area (Å²) in [6.07, 6.45) is 1.46. The largest absolute Gasteiger partial charge is 0.476 e. The van der Waals surface area contributed by atoms with Gasteiger partial charge in [0.2, 0.25) is 0 Å². The molecule has 3 rings (SSSR count). The van der Waals surface area contributed by atoms with Gasteiger partial charge in [-0.2, -0.15) is 0 Å². The van der Waals surface area contributed by atoms with Crippen LogP contribution in [0.25, 0.3) is 22.4 Å². The molecule has 0 fully saturated rings. The maximum atomic E-state index is 11.0. The Bertz CT molecular complexity index is 719. The standard InChI is InChI=1S/C13H9N3O2/c17-13(18)11-10-9(6-7-14-11)15-12(16-10)8-4-2-1-3-5-8/h1-7H,(H,15,16)(H,17,18). The Kier molecular flexibility index (Phi) is 2.30. The van der Waals surface area contributed by atoms with Crippen LogP contribution in [0.3, 0.4) is 0 Å². The smallest absolute Gasteiger partial charge is 0.356 e. The lowest BCUT2D eigenvalue weighted by Crippen LogP contribution is -2.00. The van der Waals surface area contributed by atoms with Crippen molar-refractivity contribution in [1.29, 1.82) is 0 Å². The zero-order chi connectivity index (χ0) is 12.5. The van der Waals surface area contributed by atoms with E-state index in [0.29, 0.717) is 16.9 Å². The second-order valence-electron chi connectivity index (χ2n) is 3.81. The normalized spacial score (nSPS) is 10.7. The van der Waals surface area contributed by atoms with E-state index in [1.165, 1.54) is 6.20 Å². The minimum Gasteiger partial charge on any atom is -0.476 e. The summed E-state index contributed by atoms with van der Waals surface area (Å²) in [6, 6.07) is 11.2. The zero-order valence-corrected chi connectivity index (χ0v) is 9.29. The van der Waals surface area contributed by atoms with Gasteiger partial charge in [0.25, 0.3) is 0 Å². The maximum absolute atomic E-state index is 11.0. The predicted molar refractivity (Wildman–Crippen MR) is 66.3 cm³/mol. The number of nitrogens with zero attached hydrogens (tertiary/aromatic N) is 2. The lowest BCUT2D eigenvalue weighted by molar-refractivity contribution is 0.0692. The summed E-state index contributed by atoms with van der Waals surface area (Å²) in [5.41, 5.74) is 1.92. The molecule has 0 atom stereocenters. The molecule has 0 amide bonds. The third-order valence-corrected chi connectivity index (χ3v) is 2.65. The molecule has 0 saturated heterocycles. The van der Waals surface area contributed by atoms with Crippen LogP contribution in [0, 0.1) is 0 Å². The van der Waals surface area contributed by atoms with Crippen molar-refractivity contribution in [2.75, 3.05) is 0 Å². The highest BCUT2D eigenvalue weighted by Crippen LogP contribution is 2.21. The number of imidazole rings is 1. The number of nitrogens with one attached hydrogen (secondary N) is 1. The molecular formula is C13H9N3O2. The van der Waals surface area contributed by atoms with E-state index in [9.17, 15) is 4.79 Å². The third kappa shape index (κ3) is 1.62. The molecule has 5 heteroatoms. The Morgan fingerprint density at radius 3 is 2.67 bits per heavy atom. The molecule has 2 heterocycles. The second kappa shape index (κ2) is 3.96. The second-order valence-corrected chi connectivity index (χ2v) is 3.81. The molecule has 0 aliphatic rings. The first-order valence-electron chi connectivity index (χ1n) is 5.39. The van der Waals surface area contributed by atoms with Crippen molar-refractivity contribution < 1.29 is 9.90 Å². The minimum atomic E-state index is -1.08. The molecule has 88 valence electrons. The van der Waals surface area contributed by atoms with Crippen LogP contribution in [0.1, 0.15) is 10.5 Å². The van der Waals surface area contributed by atoms with Crippen molar-refractivity contribution in [3.05, 3.63) is 48.3 Å². The number of hydrogen-bond donors (Lipinski definition) is 2.